The predicted molar refractivity (Wildman–Crippen MR) is 60.0 cm³/mol. The Hall–Kier alpha value is -1.52. The predicted octanol–water partition coefficient (Wildman–Crippen LogP) is 0.0571. The molecule has 1 aromatic rings. The van der Waals surface area contributed by atoms with Gasteiger partial charge in [0.05, 0.1) is 6.04 Å². The van der Waals surface area contributed by atoms with Gasteiger partial charge >= 0.3 is 0 Å². The lowest BCUT2D eigenvalue weighted by Crippen LogP contribution is -2.54. The Labute approximate surface area is 94.0 Å². The Bertz CT molecular complexity index is 378. The van der Waals surface area contributed by atoms with E-state index in [2.05, 4.69) is 10.6 Å². The summed E-state index contributed by atoms with van der Waals surface area (Å²) in [6, 6.07) is 9.57. The van der Waals surface area contributed by atoms with Crippen LogP contribution in [0.5, 0.6) is 0 Å². The summed E-state index contributed by atoms with van der Waals surface area (Å²) in [7, 11) is 0. The Kier molecular flexibility index (Phi) is 3.44. The van der Waals surface area contributed by atoms with Gasteiger partial charge in [-0.25, -0.2) is 0 Å². The van der Waals surface area contributed by atoms with Crippen molar-refractivity contribution in [2.45, 2.75) is 12.1 Å². The average molecular weight is 218 g/mol. The monoisotopic (exact) mass is 218 g/mol. The molecule has 0 amide bonds. The SMILES string of the molecule is O=CC(=O)C1CNCC(c2ccccc2)N1. The van der Waals surface area contributed by atoms with Gasteiger partial charge in [-0.3, -0.25) is 14.9 Å². The number of hydrogen-bond acceptors (Lipinski definition) is 4. The third-order valence-electron chi connectivity index (χ3n) is 2.76. The number of aldehydes is 1. The lowest BCUT2D eigenvalue weighted by atomic mass is 10.0. The van der Waals surface area contributed by atoms with Gasteiger partial charge in [0, 0.05) is 19.1 Å². The highest BCUT2D eigenvalue weighted by Gasteiger charge is 2.26. The first kappa shape index (κ1) is 11.0. The van der Waals surface area contributed by atoms with Crippen molar-refractivity contribution in [3.05, 3.63) is 35.9 Å². The van der Waals surface area contributed by atoms with Crippen LogP contribution in [-0.4, -0.2) is 31.2 Å². The molecule has 0 aromatic heterocycles. The van der Waals surface area contributed by atoms with E-state index in [4.69, 9.17) is 0 Å². The summed E-state index contributed by atoms with van der Waals surface area (Å²) in [6.45, 7) is 1.29. The molecule has 16 heavy (non-hydrogen) atoms. The van der Waals surface area contributed by atoms with E-state index in [0.717, 1.165) is 12.1 Å². The van der Waals surface area contributed by atoms with Gasteiger partial charge in [-0.1, -0.05) is 30.3 Å². The molecule has 2 atom stereocenters. The molecule has 1 saturated heterocycles. The van der Waals surface area contributed by atoms with Crippen molar-refractivity contribution in [3.63, 3.8) is 0 Å². The molecular formula is C12H14N2O2. The van der Waals surface area contributed by atoms with Crippen molar-refractivity contribution in [1.29, 1.82) is 0 Å². The van der Waals surface area contributed by atoms with E-state index in [1.807, 2.05) is 30.3 Å². The van der Waals surface area contributed by atoms with Crippen LogP contribution in [0, 0.1) is 0 Å². The van der Waals surface area contributed by atoms with E-state index in [1.165, 1.54) is 0 Å². The molecule has 0 aliphatic carbocycles. The Morgan fingerprint density at radius 1 is 1.25 bits per heavy atom. The number of ketones is 1. The zero-order valence-corrected chi connectivity index (χ0v) is 8.85. The molecule has 1 aliphatic rings. The van der Waals surface area contributed by atoms with Gasteiger partial charge in [0.1, 0.15) is 0 Å². The lowest BCUT2D eigenvalue weighted by Gasteiger charge is -2.30. The van der Waals surface area contributed by atoms with Crippen molar-refractivity contribution in [1.82, 2.24) is 10.6 Å². The van der Waals surface area contributed by atoms with E-state index in [1.54, 1.807) is 0 Å². The fourth-order valence-corrected chi connectivity index (χ4v) is 1.90. The molecule has 4 heteroatoms. The zero-order valence-electron chi connectivity index (χ0n) is 8.85. The Morgan fingerprint density at radius 3 is 2.69 bits per heavy atom. The standard InChI is InChI=1S/C12H14N2O2/c15-8-12(16)11-7-13-6-10(14-11)9-4-2-1-3-5-9/h1-5,8,10-11,13-14H,6-7H2. The fourth-order valence-electron chi connectivity index (χ4n) is 1.90. The van der Waals surface area contributed by atoms with Gasteiger partial charge in [-0.2, -0.15) is 0 Å². The summed E-state index contributed by atoms with van der Waals surface area (Å²) in [6.07, 6.45) is 0.382. The second kappa shape index (κ2) is 5.01. The number of benzene rings is 1. The third kappa shape index (κ3) is 2.35. The minimum atomic E-state index is -0.406. The summed E-state index contributed by atoms with van der Waals surface area (Å²) in [5.74, 6) is -0.395. The zero-order chi connectivity index (χ0) is 11.4. The quantitative estimate of drug-likeness (QED) is 0.556. The largest absolute Gasteiger partial charge is 0.313 e. The molecule has 2 unspecified atom stereocenters. The summed E-state index contributed by atoms with van der Waals surface area (Å²) < 4.78 is 0. The Morgan fingerprint density at radius 2 is 2.00 bits per heavy atom. The number of hydrogen-bond donors (Lipinski definition) is 2. The van der Waals surface area contributed by atoms with Crippen molar-refractivity contribution >= 4 is 12.1 Å². The summed E-state index contributed by atoms with van der Waals surface area (Å²) in [5, 5.41) is 6.33. The van der Waals surface area contributed by atoms with Crippen molar-refractivity contribution in [2.75, 3.05) is 13.1 Å². The van der Waals surface area contributed by atoms with Gasteiger partial charge < -0.3 is 5.32 Å². The van der Waals surface area contributed by atoms with Crippen LogP contribution in [0.1, 0.15) is 11.6 Å². The molecule has 1 heterocycles. The maximum atomic E-state index is 11.3. The van der Waals surface area contributed by atoms with Crippen LogP contribution in [0.3, 0.4) is 0 Å². The van der Waals surface area contributed by atoms with Crippen molar-refractivity contribution in [3.8, 4) is 0 Å². The normalized spacial score (nSPS) is 25.0. The number of nitrogens with one attached hydrogen (secondary N) is 2. The maximum absolute atomic E-state index is 11.3. The first-order valence-electron chi connectivity index (χ1n) is 5.32. The maximum Gasteiger partial charge on any atom is 0.213 e. The van der Waals surface area contributed by atoms with Gasteiger partial charge in [0.15, 0.2) is 6.29 Å². The molecule has 2 rings (SSSR count). The topological polar surface area (TPSA) is 58.2 Å². The molecule has 4 nitrogen and oxygen atoms in total. The number of carbonyl (C=O) groups is 2. The number of Topliss-reactive ketones (excluding diaryl/α,β-unsaturated/α-hetero) is 1. The van der Waals surface area contributed by atoms with Gasteiger partial charge in [0.2, 0.25) is 5.78 Å². The first-order valence-corrected chi connectivity index (χ1v) is 5.32. The highest BCUT2D eigenvalue weighted by molar-refractivity contribution is 6.27. The summed E-state index contributed by atoms with van der Waals surface area (Å²) in [5.41, 5.74) is 1.12. The molecule has 1 fully saturated rings. The molecule has 0 spiro atoms. The van der Waals surface area contributed by atoms with Crippen LogP contribution in [0.25, 0.3) is 0 Å². The van der Waals surface area contributed by atoms with E-state index in [9.17, 15) is 9.59 Å². The van der Waals surface area contributed by atoms with Crippen molar-refractivity contribution < 1.29 is 9.59 Å². The average Bonchev–Trinajstić information content (AvgIpc) is 2.39. The second-order valence-electron chi connectivity index (χ2n) is 3.86. The molecule has 0 radical (unpaired) electrons. The number of rotatable bonds is 3. The number of carbonyl (C=O) groups excluding carboxylic acids is 2. The van der Waals surface area contributed by atoms with E-state index in [-0.39, 0.29) is 6.04 Å². The minimum Gasteiger partial charge on any atom is -0.313 e. The minimum absolute atomic E-state index is 0.0869. The van der Waals surface area contributed by atoms with Crippen LogP contribution in [0.4, 0.5) is 0 Å². The van der Waals surface area contributed by atoms with E-state index in [0.29, 0.717) is 12.8 Å². The van der Waals surface area contributed by atoms with Crippen LogP contribution < -0.4 is 10.6 Å². The first-order chi connectivity index (χ1) is 7.81. The number of piperazine rings is 1. The highest BCUT2D eigenvalue weighted by atomic mass is 16.2. The second-order valence-corrected chi connectivity index (χ2v) is 3.86. The molecule has 2 N–H and O–H groups in total. The van der Waals surface area contributed by atoms with Gasteiger partial charge in [0.25, 0.3) is 0 Å². The summed E-state index contributed by atoms with van der Waals surface area (Å²) in [4.78, 5) is 21.7. The molecular weight excluding hydrogens is 204 g/mol. The molecule has 1 aromatic carbocycles. The van der Waals surface area contributed by atoms with E-state index >= 15 is 0 Å². The molecule has 84 valence electrons. The lowest BCUT2D eigenvalue weighted by molar-refractivity contribution is -0.131. The third-order valence-corrected chi connectivity index (χ3v) is 2.76. The van der Waals surface area contributed by atoms with Gasteiger partial charge in [-0.15, -0.1) is 0 Å². The highest BCUT2D eigenvalue weighted by Crippen LogP contribution is 2.14. The fraction of sp³-hybridized carbons (Fsp3) is 0.333. The van der Waals surface area contributed by atoms with Gasteiger partial charge in [-0.05, 0) is 5.56 Å². The van der Waals surface area contributed by atoms with Crippen LogP contribution in [0.15, 0.2) is 30.3 Å². The van der Waals surface area contributed by atoms with E-state index < -0.39 is 11.8 Å². The summed E-state index contributed by atoms with van der Waals surface area (Å²) >= 11 is 0. The van der Waals surface area contributed by atoms with Crippen LogP contribution >= 0.6 is 0 Å². The molecule has 0 saturated carbocycles. The van der Waals surface area contributed by atoms with Crippen LogP contribution in [-0.2, 0) is 9.59 Å². The molecule has 0 bridgehead atoms. The smallest absolute Gasteiger partial charge is 0.213 e. The van der Waals surface area contributed by atoms with Crippen molar-refractivity contribution in [2.24, 2.45) is 0 Å². The van der Waals surface area contributed by atoms with Crippen LogP contribution in [0.2, 0.25) is 0 Å². The Balaban J connectivity index is 2.07. The molecule has 1 aliphatic heterocycles.